The highest BCUT2D eigenvalue weighted by Crippen LogP contribution is 2.21. The van der Waals surface area contributed by atoms with Crippen LogP contribution < -0.4 is 15.5 Å². The second kappa shape index (κ2) is 10.4. The van der Waals surface area contributed by atoms with Crippen molar-refractivity contribution in [2.75, 3.05) is 5.32 Å². The summed E-state index contributed by atoms with van der Waals surface area (Å²) in [6, 6.07) is 27.3. The minimum absolute atomic E-state index is 0.459. The Morgan fingerprint density at radius 3 is 2.47 bits per heavy atom. The maximum atomic E-state index is 12.1. The number of hydrogen-bond donors (Lipinski definition) is 2. The molecule has 4 rings (SSSR count). The van der Waals surface area contributed by atoms with Gasteiger partial charge in [-0.15, -0.1) is 0 Å². The van der Waals surface area contributed by atoms with Gasteiger partial charge in [-0.1, -0.05) is 54.6 Å². The number of benzene rings is 4. The molecule has 0 aliphatic rings. The van der Waals surface area contributed by atoms with E-state index in [1.54, 1.807) is 0 Å². The quantitative estimate of drug-likeness (QED) is 0.242. The molecule has 6 heteroatoms. The van der Waals surface area contributed by atoms with Gasteiger partial charge in [0.2, 0.25) is 0 Å². The van der Waals surface area contributed by atoms with E-state index in [4.69, 9.17) is 4.74 Å². The molecule has 0 aliphatic heterocycles. The summed E-state index contributed by atoms with van der Waals surface area (Å²) in [6.45, 7) is 4.24. The monoisotopic (exact) mass is 451 g/mol. The van der Waals surface area contributed by atoms with Crippen LogP contribution in [0.25, 0.3) is 10.8 Å². The summed E-state index contributed by atoms with van der Waals surface area (Å²) in [6.07, 6.45) is 1.47. The van der Waals surface area contributed by atoms with Crippen molar-refractivity contribution >= 4 is 34.5 Å². The molecule has 170 valence electrons. The van der Waals surface area contributed by atoms with Gasteiger partial charge < -0.3 is 10.1 Å². The number of ether oxygens (including phenoxy) is 1. The Morgan fingerprint density at radius 1 is 0.882 bits per heavy atom. The number of carbonyl (C=O) groups excluding carboxylic acids is 2. The van der Waals surface area contributed by atoms with Crippen LogP contribution in [-0.2, 0) is 16.2 Å². The zero-order valence-corrected chi connectivity index (χ0v) is 19.0. The first-order valence-corrected chi connectivity index (χ1v) is 10.9. The van der Waals surface area contributed by atoms with Crippen LogP contribution in [0.3, 0.4) is 0 Å². The predicted molar refractivity (Wildman–Crippen MR) is 135 cm³/mol. The zero-order chi connectivity index (χ0) is 23.9. The molecule has 0 saturated heterocycles. The van der Waals surface area contributed by atoms with Crippen LogP contribution in [0, 0.1) is 13.8 Å². The maximum absolute atomic E-state index is 12.1. The molecule has 2 N–H and O–H groups in total. The standard InChI is InChI=1S/C28H25N3O3/c1-19-10-11-20(2)26(16-19)30-27(32)28(33)31-29-17-21-12-14-24(15-13-21)34-18-23-8-5-7-22-6-3-4-9-25(22)23/h3-17H,18H2,1-2H3,(H,30,32)(H,31,33)/b29-17+. The van der Waals surface area contributed by atoms with Crippen molar-refractivity contribution in [2.45, 2.75) is 20.5 Å². The highest BCUT2D eigenvalue weighted by atomic mass is 16.5. The summed E-state index contributed by atoms with van der Waals surface area (Å²) in [5, 5.41) is 8.83. The molecule has 0 spiro atoms. The van der Waals surface area contributed by atoms with Crippen molar-refractivity contribution in [3.63, 3.8) is 0 Å². The molecule has 0 aliphatic carbocycles. The molecule has 0 heterocycles. The van der Waals surface area contributed by atoms with Crippen molar-refractivity contribution in [2.24, 2.45) is 5.10 Å². The summed E-state index contributed by atoms with van der Waals surface area (Å²) in [5.41, 5.74) is 6.59. The van der Waals surface area contributed by atoms with Crippen molar-refractivity contribution < 1.29 is 14.3 Å². The van der Waals surface area contributed by atoms with E-state index in [-0.39, 0.29) is 0 Å². The Hall–Kier alpha value is -4.45. The molecule has 4 aromatic carbocycles. The van der Waals surface area contributed by atoms with Crippen molar-refractivity contribution in [3.8, 4) is 5.75 Å². The van der Waals surface area contributed by atoms with Crippen molar-refractivity contribution in [1.29, 1.82) is 0 Å². The molecule has 4 aromatic rings. The molecule has 0 unspecified atom stereocenters. The Bertz CT molecular complexity index is 1360. The number of anilines is 1. The lowest BCUT2D eigenvalue weighted by atomic mass is 10.1. The Kier molecular flexibility index (Phi) is 6.98. The van der Waals surface area contributed by atoms with E-state index >= 15 is 0 Å². The van der Waals surface area contributed by atoms with Gasteiger partial charge in [0.1, 0.15) is 12.4 Å². The third kappa shape index (κ3) is 5.66. The zero-order valence-electron chi connectivity index (χ0n) is 19.0. The van der Waals surface area contributed by atoms with Gasteiger partial charge in [-0.05, 0) is 77.2 Å². The van der Waals surface area contributed by atoms with Crippen molar-refractivity contribution in [1.82, 2.24) is 5.43 Å². The fourth-order valence-electron chi connectivity index (χ4n) is 3.50. The van der Waals surface area contributed by atoms with E-state index in [1.807, 2.05) is 74.5 Å². The lowest BCUT2D eigenvalue weighted by Crippen LogP contribution is -2.32. The third-order valence-corrected chi connectivity index (χ3v) is 5.38. The van der Waals surface area contributed by atoms with Crippen molar-refractivity contribution in [3.05, 3.63) is 107 Å². The van der Waals surface area contributed by atoms with Crippen LogP contribution >= 0.6 is 0 Å². The molecule has 0 fully saturated rings. The van der Waals surface area contributed by atoms with E-state index < -0.39 is 11.8 Å². The van der Waals surface area contributed by atoms with Gasteiger partial charge in [0.15, 0.2) is 0 Å². The smallest absolute Gasteiger partial charge is 0.329 e. The van der Waals surface area contributed by atoms with Gasteiger partial charge >= 0.3 is 11.8 Å². The van der Waals surface area contributed by atoms with Crippen LogP contribution in [0.15, 0.2) is 90.0 Å². The second-order valence-electron chi connectivity index (χ2n) is 7.97. The third-order valence-electron chi connectivity index (χ3n) is 5.38. The molecular weight excluding hydrogens is 426 g/mol. The second-order valence-corrected chi connectivity index (χ2v) is 7.97. The number of amides is 2. The molecule has 6 nitrogen and oxygen atoms in total. The molecule has 0 atom stereocenters. The minimum atomic E-state index is -0.841. The summed E-state index contributed by atoms with van der Waals surface area (Å²) >= 11 is 0. The Morgan fingerprint density at radius 2 is 1.65 bits per heavy atom. The number of hydrazone groups is 1. The van der Waals surface area contributed by atoms with E-state index in [0.29, 0.717) is 12.3 Å². The lowest BCUT2D eigenvalue weighted by molar-refractivity contribution is -0.136. The van der Waals surface area contributed by atoms with E-state index in [2.05, 4.69) is 40.1 Å². The molecule has 0 radical (unpaired) electrons. The first-order valence-electron chi connectivity index (χ1n) is 10.9. The van der Waals surface area contributed by atoms with Gasteiger partial charge in [-0.3, -0.25) is 9.59 Å². The fourth-order valence-corrected chi connectivity index (χ4v) is 3.50. The largest absolute Gasteiger partial charge is 0.489 e. The number of aryl methyl sites for hydroxylation is 2. The summed E-state index contributed by atoms with van der Waals surface area (Å²) in [7, 11) is 0. The number of rotatable bonds is 6. The predicted octanol–water partition coefficient (Wildman–Crippen LogP) is 5.12. The Labute approximate surface area is 198 Å². The summed E-state index contributed by atoms with van der Waals surface area (Å²) in [4.78, 5) is 24.2. The van der Waals surface area contributed by atoms with Crippen LogP contribution in [-0.4, -0.2) is 18.0 Å². The van der Waals surface area contributed by atoms with Gasteiger partial charge in [-0.2, -0.15) is 5.10 Å². The highest BCUT2D eigenvalue weighted by Gasteiger charge is 2.14. The topological polar surface area (TPSA) is 79.8 Å². The van der Waals surface area contributed by atoms with Gasteiger partial charge in [0.25, 0.3) is 0 Å². The average molecular weight is 452 g/mol. The minimum Gasteiger partial charge on any atom is -0.489 e. The summed E-state index contributed by atoms with van der Waals surface area (Å²) < 4.78 is 5.94. The normalized spacial score (nSPS) is 10.9. The van der Waals surface area contributed by atoms with E-state index in [1.165, 1.54) is 17.0 Å². The SMILES string of the molecule is Cc1ccc(C)c(NC(=O)C(=O)N/N=C/c2ccc(OCc3cccc4ccccc34)cc2)c1. The summed E-state index contributed by atoms with van der Waals surface area (Å²) in [5.74, 6) is -0.891. The molecular formula is C28H25N3O3. The number of fused-ring (bicyclic) bond motifs is 1. The Balaban J connectivity index is 1.30. The number of carbonyl (C=O) groups is 2. The highest BCUT2D eigenvalue weighted by molar-refractivity contribution is 6.39. The van der Waals surface area contributed by atoms with Crippen LogP contribution in [0.4, 0.5) is 5.69 Å². The molecule has 2 amide bonds. The average Bonchev–Trinajstić information content (AvgIpc) is 2.85. The van der Waals surface area contributed by atoms with Gasteiger partial charge in [-0.25, -0.2) is 5.43 Å². The van der Waals surface area contributed by atoms with Crippen LogP contribution in [0.1, 0.15) is 22.3 Å². The first kappa shape index (κ1) is 22.7. The first-order chi connectivity index (χ1) is 16.5. The fraction of sp³-hybridized carbons (Fsp3) is 0.107. The van der Waals surface area contributed by atoms with Crippen LogP contribution in [0.5, 0.6) is 5.75 Å². The van der Waals surface area contributed by atoms with Gasteiger partial charge in [0, 0.05) is 5.69 Å². The number of nitrogens with one attached hydrogen (secondary N) is 2. The molecule has 0 aromatic heterocycles. The molecule has 0 saturated carbocycles. The molecule has 0 bridgehead atoms. The van der Waals surface area contributed by atoms with Crippen LogP contribution in [0.2, 0.25) is 0 Å². The lowest BCUT2D eigenvalue weighted by Gasteiger charge is -2.09. The van der Waals surface area contributed by atoms with E-state index in [9.17, 15) is 9.59 Å². The molecule has 34 heavy (non-hydrogen) atoms. The number of hydrogen-bond acceptors (Lipinski definition) is 4. The maximum Gasteiger partial charge on any atom is 0.329 e. The van der Waals surface area contributed by atoms with Gasteiger partial charge in [0.05, 0.1) is 6.21 Å². The van der Waals surface area contributed by atoms with E-state index in [0.717, 1.165) is 28.0 Å². The number of nitrogens with zero attached hydrogens (tertiary/aromatic N) is 1.